The lowest BCUT2D eigenvalue weighted by molar-refractivity contribution is -0.133. The maximum absolute atomic E-state index is 12.6. The third-order valence-corrected chi connectivity index (χ3v) is 4.54. The highest BCUT2D eigenvalue weighted by Crippen LogP contribution is 2.11. The van der Waals surface area contributed by atoms with Crippen LogP contribution >= 0.6 is 0 Å². The van der Waals surface area contributed by atoms with Crippen molar-refractivity contribution >= 4 is 16.9 Å². The summed E-state index contributed by atoms with van der Waals surface area (Å²) in [6, 6.07) is 13.7. The number of para-hydroxylation sites is 1. The number of benzene rings is 1. The third kappa shape index (κ3) is 3.51. The maximum atomic E-state index is 12.6. The number of hydrogen-bond acceptors (Lipinski definition) is 5. The average molecular weight is 336 g/mol. The van der Waals surface area contributed by atoms with Crippen LogP contribution in [0.4, 0.5) is 0 Å². The molecule has 25 heavy (non-hydrogen) atoms. The molecule has 3 heterocycles. The number of fused-ring (bicyclic) bond motifs is 1. The minimum absolute atomic E-state index is 0.0909. The van der Waals surface area contributed by atoms with Crippen LogP contribution in [0, 0.1) is 0 Å². The van der Waals surface area contributed by atoms with Crippen molar-refractivity contribution in [2.45, 2.75) is 13.1 Å². The van der Waals surface area contributed by atoms with Crippen molar-refractivity contribution in [3.8, 4) is 0 Å². The number of piperazine rings is 1. The van der Waals surface area contributed by atoms with E-state index < -0.39 is 0 Å². The molecule has 128 valence electrons. The highest BCUT2D eigenvalue weighted by molar-refractivity contribution is 5.79. The molecule has 0 bridgehead atoms. The Morgan fingerprint density at radius 2 is 1.80 bits per heavy atom. The second kappa shape index (κ2) is 6.98. The SMILES string of the molecule is O=C(Cn1nnc2ccccc21)N1CCN(Cc2ccccn2)CC1. The predicted molar refractivity (Wildman–Crippen MR) is 93.6 cm³/mol. The van der Waals surface area contributed by atoms with Crippen LogP contribution in [-0.4, -0.2) is 61.9 Å². The molecular weight excluding hydrogens is 316 g/mol. The summed E-state index contributed by atoms with van der Waals surface area (Å²) in [5, 5.41) is 8.20. The summed E-state index contributed by atoms with van der Waals surface area (Å²) in [6.07, 6.45) is 1.82. The molecule has 2 aromatic heterocycles. The average Bonchev–Trinajstić information content (AvgIpc) is 3.06. The van der Waals surface area contributed by atoms with Gasteiger partial charge in [0.25, 0.3) is 0 Å². The Hall–Kier alpha value is -2.80. The fraction of sp³-hybridized carbons (Fsp3) is 0.333. The summed E-state index contributed by atoms with van der Waals surface area (Å²) in [5.41, 5.74) is 2.77. The lowest BCUT2D eigenvalue weighted by atomic mass is 10.2. The highest BCUT2D eigenvalue weighted by atomic mass is 16.2. The van der Waals surface area contributed by atoms with Crippen molar-refractivity contribution in [2.24, 2.45) is 0 Å². The van der Waals surface area contributed by atoms with E-state index in [1.807, 2.05) is 53.6 Å². The topological polar surface area (TPSA) is 67.2 Å². The number of rotatable bonds is 4. The molecule has 1 aliphatic heterocycles. The Bertz CT molecular complexity index is 854. The van der Waals surface area contributed by atoms with Crippen LogP contribution in [0.2, 0.25) is 0 Å². The van der Waals surface area contributed by atoms with Gasteiger partial charge in [-0.2, -0.15) is 0 Å². The van der Waals surface area contributed by atoms with Gasteiger partial charge in [0.15, 0.2) is 0 Å². The molecule has 7 heteroatoms. The van der Waals surface area contributed by atoms with E-state index in [0.717, 1.165) is 49.5 Å². The van der Waals surface area contributed by atoms with Crippen LogP contribution < -0.4 is 0 Å². The van der Waals surface area contributed by atoms with Gasteiger partial charge < -0.3 is 4.90 Å². The van der Waals surface area contributed by atoms with Crippen molar-refractivity contribution in [2.75, 3.05) is 26.2 Å². The molecule has 1 aliphatic rings. The molecule has 0 N–H and O–H groups in total. The zero-order valence-electron chi connectivity index (χ0n) is 14.0. The zero-order chi connectivity index (χ0) is 17.1. The first-order valence-corrected chi connectivity index (χ1v) is 8.48. The Morgan fingerprint density at radius 1 is 1.00 bits per heavy atom. The Morgan fingerprint density at radius 3 is 2.60 bits per heavy atom. The number of carbonyl (C=O) groups excluding carboxylic acids is 1. The largest absolute Gasteiger partial charge is 0.339 e. The molecule has 0 unspecified atom stereocenters. The molecule has 0 radical (unpaired) electrons. The van der Waals surface area contributed by atoms with E-state index in [-0.39, 0.29) is 12.5 Å². The number of aromatic nitrogens is 4. The molecule has 1 amide bonds. The van der Waals surface area contributed by atoms with Crippen LogP contribution in [-0.2, 0) is 17.9 Å². The van der Waals surface area contributed by atoms with Crippen molar-refractivity contribution < 1.29 is 4.79 Å². The number of pyridine rings is 1. The van der Waals surface area contributed by atoms with Gasteiger partial charge in [0.1, 0.15) is 12.1 Å². The summed E-state index contributed by atoms with van der Waals surface area (Å²) >= 11 is 0. The first kappa shape index (κ1) is 15.7. The normalized spacial score (nSPS) is 15.6. The fourth-order valence-corrected chi connectivity index (χ4v) is 3.14. The summed E-state index contributed by atoms with van der Waals surface area (Å²) in [7, 11) is 0. The lowest BCUT2D eigenvalue weighted by Gasteiger charge is -2.34. The van der Waals surface area contributed by atoms with E-state index in [1.165, 1.54) is 0 Å². The molecule has 0 atom stereocenters. The van der Waals surface area contributed by atoms with E-state index in [1.54, 1.807) is 4.68 Å². The summed E-state index contributed by atoms with van der Waals surface area (Å²) in [4.78, 5) is 21.2. The van der Waals surface area contributed by atoms with Gasteiger partial charge in [-0.1, -0.05) is 23.4 Å². The van der Waals surface area contributed by atoms with Crippen molar-refractivity contribution in [3.63, 3.8) is 0 Å². The quantitative estimate of drug-likeness (QED) is 0.715. The van der Waals surface area contributed by atoms with E-state index >= 15 is 0 Å². The van der Waals surface area contributed by atoms with Gasteiger partial charge in [0.2, 0.25) is 5.91 Å². The Balaban J connectivity index is 1.33. The van der Waals surface area contributed by atoms with Crippen LogP contribution in [0.5, 0.6) is 0 Å². The molecule has 0 spiro atoms. The Kier molecular flexibility index (Phi) is 4.39. The summed E-state index contributed by atoms with van der Waals surface area (Å²) in [5.74, 6) is 0.0909. The molecular formula is C18H20N6O. The smallest absolute Gasteiger partial charge is 0.244 e. The first-order valence-electron chi connectivity index (χ1n) is 8.48. The molecule has 1 aromatic carbocycles. The van der Waals surface area contributed by atoms with Crippen molar-refractivity contribution in [1.29, 1.82) is 0 Å². The molecule has 1 fully saturated rings. The molecule has 7 nitrogen and oxygen atoms in total. The minimum atomic E-state index is 0.0909. The molecule has 1 saturated heterocycles. The number of carbonyl (C=O) groups is 1. The van der Waals surface area contributed by atoms with E-state index in [2.05, 4.69) is 20.2 Å². The van der Waals surface area contributed by atoms with E-state index in [9.17, 15) is 4.79 Å². The van der Waals surface area contributed by atoms with Gasteiger partial charge in [-0.3, -0.25) is 14.7 Å². The second-order valence-electron chi connectivity index (χ2n) is 6.21. The maximum Gasteiger partial charge on any atom is 0.244 e. The third-order valence-electron chi connectivity index (χ3n) is 4.54. The van der Waals surface area contributed by atoms with Gasteiger partial charge in [-0.25, -0.2) is 4.68 Å². The molecule has 3 aromatic rings. The molecule has 4 rings (SSSR count). The van der Waals surface area contributed by atoms with Gasteiger partial charge in [0.05, 0.1) is 11.2 Å². The highest BCUT2D eigenvalue weighted by Gasteiger charge is 2.22. The van der Waals surface area contributed by atoms with Crippen LogP contribution in [0.3, 0.4) is 0 Å². The van der Waals surface area contributed by atoms with Gasteiger partial charge in [-0.15, -0.1) is 5.10 Å². The van der Waals surface area contributed by atoms with E-state index in [0.29, 0.717) is 0 Å². The van der Waals surface area contributed by atoms with Gasteiger partial charge in [-0.05, 0) is 24.3 Å². The van der Waals surface area contributed by atoms with Crippen molar-refractivity contribution in [3.05, 3.63) is 54.4 Å². The standard InChI is InChI=1S/C18H20N6O/c25-18(14-24-17-7-2-1-6-16(17)20-21-24)23-11-9-22(10-12-23)13-15-5-3-4-8-19-15/h1-8H,9-14H2. The summed E-state index contributed by atoms with van der Waals surface area (Å²) < 4.78 is 1.68. The molecule has 0 saturated carbocycles. The van der Waals surface area contributed by atoms with Crippen LogP contribution in [0.1, 0.15) is 5.69 Å². The van der Waals surface area contributed by atoms with Crippen LogP contribution in [0.25, 0.3) is 11.0 Å². The Labute approximate surface area is 145 Å². The van der Waals surface area contributed by atoms with Crippen LogP contribution in [0.15, 0.2) is 48.7 Å². The number of nitrogens with zero attached hydrogens (tertiary/aromatic N) is 6. The predicted octanol–water partition coefficient (Wildman–Crippen LogP) is 1.17. The molecule has 0 aliphatic carbocycles. The fourth-order valence-electron chi connectivity index (χ4n) is 3.14. The lowest BCUT2D eigenvalue weighted by Crippen LogP contribution is -2.49. The minimum Gasteiger partial charge on any atom is -0.339 e. The zero-order valence-corrected chi connectivity index (χ0v) is 14.0. The second-order valence-corrected chi connectivity index (χ2v) is 6.21. The number of amides is 1. The van der Waals surface area contributed by atoms with Gasteiger partial charge >= 0.3 is 0 Å². The van der Waals surface area contributed by atoms with Crippen molar-refractivity contribution in [1.82, 2.24) is 29.8 Å². The van der Waals surface area contributed by atoms with Gasteiger partial charge in [0, 0.05) is 38.9 Å². The first-order chi connectivity index (χ1) is 12.3. The monoisotopic (exact) mass is 336 g/mol. The van der Waals surface area contributed by atoms with E-state index in [4.69, 9.17) is 0 Å². The summed E-state index contributed by atoms with van der Waals surface area (Å²) in [6.45, 7) is 4.26. The number of hydrogen-bond donors (Lipinski definition) is 0.